The van der Waals surface area contributed by atoms with Crippen molar-refractivity contribution in [3.05, 3.63) is 0 Å². The van der Waals surface area contributed by atoms with Crippen molar-refractivity contribution in [2.45, 2.75) is 38.8 Å². The van der Waals surface area contributed by atoms with Crippen molar-refractivity contribution in [2.24, 2.45) is 10.9 Å². The fourth-order valence-corrected chi connectivity index (χ4v) is 2.26. The molecule has 16 heavy (non-hydrogen) atoms. The minimum absolute atomic E-state index is 0.0537. The highest BCUT2D eigenvalue weighted by atomic mass is 16.4. The Hall–Kier alpha value is -0.810. The van der Waals surface area contributed by atoms with Crippen LogP contribution < -0.4 is 5.73 Å². The molecule has 0 amide bonds. The maximum absolute atomic E-state index is 8.77. The summed E-state index contributed by atoms with van der Waals surface area (Å²) in [5, 5.41) is 11.9. The van der Waals surface area contributed by atoms with Crippen LogP contribution in [0.4, 0.5) is 0 Å². The molecule has 1 aliphatic heterocycles. The Balaban J connectivity index is 2.74. The van der Waals surface area contributed by atoms with Crippen LogP contribution in [0.2, 0.25) is 0 Å². The molecule has 0 saturated carbocycles. The van der Waals surface area contributed by atoms with Crippen molar-refractivity contribution in [3.63, 3.8) is 0 Å². The molecule has 1 aliphatic rings. The van der Waals surface area contributed by atoms with Crippen LogP contribution in [0.1, 0.15) is 27.2 Å². The highest BCUT2D eigenvalue weighted by Crippen LogP contribution is 2.21. The zero-order chi connectivity index (χ0) is 12.3. The largest absolute Gasteiger partial charge is 0.409 e. The van der Waals surface area contributed by atoms with E-state index in [-0.39, 0.29) is 11.6 Å². The third-order valence-electron chi connectivity index (χ3n) is 3.63. The second-order valence-electron chi connectivity index (χ2n) is 5.15. The van der Waals surface area contributed by atoms with E-state index in [9.17, 15) is 0 Å². The molecular weight excluding hydrogens is 204 g/mol. The van der Waals surface area contributed by atoms with E-state index in [1.807, 2.05) is 0 Å². The monoisotopic (exact) mass is 228 g/mol. The number of nitrogens with two attached hydrogens (primary N) is 1. The first-order valence-corrected chi connectivity index (χ1v) is 5.85. The van der Waals surface area contributed by atoms with Gasteiger partial charge in [0.2, 0.25) is 0 Å². The lowest BCUT2D eigenvalue weighted by molar-refractivity contribution is 0.0288. The summed E-state index contributed by atoms with van der Waals surface area (Å²) in [6, 6.07) is 0.0537. The first-order valence-electron chi connectivity index (χ1n) is 5.85. The molecule has 3 N–H and O–H groups in total. The van der Waals surface area contributed by atoms with E-state index >= 15 is 0 Å². The number of hydrogen-bond donors (Lipinski definition) is 2. The topological polar surface area (TPSA) is 65.1 Å². The van der Waals surface area contributed by atoms with E-state index in [0.29, 0.717) is 5.84 Å². The van der Waals surface area contributed by atoms with Gasteiger partial charge in [-0.1, -0.05) is 12.1 Å². The fraction of sp³-hybridized carbons (Fsp3) is 0.909. The normalized spacial score (nSPS) is 25.6. The van der Waals surface area contributed by atoms with Gasteiger partial charge in [-0.3, -0.25) is 9.80 Å². The number of amidine groups is 1. The summed E-state index contributed by atoms with van der Waals surface area (Å²) in [4.78, 5) is 4.65. The zero-order valence-electron chi connectivity index (χ0n) is 10.8. The van der Waals surface area contributed by atoms with Crippen LogP contribution in [0, 0.1) is 0 Å². The number of likely N-dealkylation sites (N-methyl/N-ethyl adjacent to an activating group) is 1. The molecule has 1 atom stereocenters. The van der Waals surface area contributed by atoms with Gasteiger partial charge in [-0.2, -0.15) is 0 Å². The van der Waals surface area contributed by atoms with Gasteiger partial charge in [-0.15, -0.1) is 0 Å². The number of nitrogens with zero attached hydrogens (tertiary/aromatic N) is 3. The average molecular weight is 228 g/mol. The van der Waals surface area contributed by atoms with Crippen LogP contribution in [-0.2, 0) is 0 Å². The van der Waals surface area contributed by atoms with E-state index in [1.54, 1.807) is 0 Å². The Labute approximate surface area is 97.9 Å². The van der Waals surface area contributed by atoms with Gasteiger partial charge in [0.25, 0.3) is 0 Å². The van der Waals surface area contributed by atoms with Gasteiger partial charge in [0.15, 0.2) is 5.84 Å². The molecule has 5 heteroatoms. The summed E-state index contributed by atoms with van der Waals surface area (Å²) in [6.45, 7) is 9.43. The van der Waals surface area contributed by atoms with Crippen LogP contribution in [0.25, 0.3) is 0 Å². The molecule has 1 heterocycles. The first kappa shape index (κ1) is 13.3. The number of rotatable bonds is 3. The lowest BCUT2D eigenvalue weighted by Crippen LogP contribution is -2.61. The number of hydrogen-bond acceptors (Lipinski definition) is 4. The van der Waals surface area contributed by atoms with E-state index < -0.39 is 0 Å². The molecule has 1 saturated heterocycles. The van der Waals surface area contributed by atoms with E-state index in [0.717, 1.165) is 26.1 Å². The summed E-state index contributed by atoms with van der Waals surface area (Å²) in [5.41, 5.74) is 5.87. The van der Waals surface area contributed by atoms with Crippen LogP contribution in [-0.4, -0.2) is 59.1 Å². The lowest BCUT2D eigenvalue weighted by Gasteiger charge is -2.47. The van der Waals surface area contributed by atoms with Crippen LogP contribution in [0.3, 0.4) is 0 Å². The maximum Gasteiger partial charge on any atom is 0.156 e. The van der Waals surface area contributed by atoms with Crippen molar-refractivity contribution in [1.29, 1.82) is 0 Å². The Bertz CT molecular complexity index is 265. The van der Waals surface area contributed by atoms with Gasteiger partial charge >= 0.3 is 0 Å². The molecular formula is C11H24N4O. The summed E-state index contributed by atoms with van der Waals surface area (Å²) in [6.07, 6.45) is 0.871. The molecule has 0 spiro atoms. The molecule has 0 aliphatic carbocycles. The van der Waals surface area contributed by atoms with Crippen LogP contribution in [0.15, 0.2) is 5.16 Å². The van der Waals surface area contributed by atoms with Crippen molar-refractivity contribution < 1.29 is 5.21 Å². The summed E-state index contributed by atoms with van der Waals surface area (Å²) < 4.78 is 0. The minimum atomic E-state index is 0.0537. The zero-order valence-corrected chi connectivity index (χ0v) is 10.8. The number of oxime groups is 1. The molecule has 5 nitrogen and oxygen atoms in total. The molecule has 1 unspecified atom stereocenters. The average Bonchev–Trinajstić information content (AvgIpc) is 2.23. The van der Waals surface area contributed by atoms with Crippen molar-refractivity contribution in [3.8, 4) is 0 Å². The second kappa shape index (κ2) is 5.01. The number of piperazine rings is 1. The smallest absolute Gasteiger partial charge is 0.156 e. The summed E-state index contributed by atoms with van der Waals surface area (Å²) >= 11 is 0. The predicted molar refractivity (Wildman–Crippen MR) is 65.8 cm³/mol. The Morgan fingerprint density at radius 1 is 1.50 bits per heavy atom. The highest BCUT2D eigenvalue weighted by Gasteiger charge is 2.34. The third kappa shape index (κ3) is 2.65. The molecule has 0 aromatic rings. The quantitative estimate of drug-likeness (QED) is 0.320. The van der Waals surface area contributed by atoms with Gasteiger partial charge in [-0.05, 0) is 27.3 Å². The third-order valence-corrected chi connectivity index (χ3v) is 3.63. The Kier molecular flexibility index (Phi) is 4.15. The lowest BCUT2D eigenvalue weighted by atomic mass is 9.97. The fourth-order valence-electron chi connectivity index (χ4n) is 2.26. The van der Waals surface area contributed by atoms with Crippen molar-refractivity contribution in [1.82, 2.24) is 9.80 Å². The molecule has 0 aromatic carbocycles. The SMILES string of the molecule is CCC(C(N)=NO)N1CCN(C)C(C)(C)C1. The van der Waals surface area contributed by atoms with Crippen LogP contribution in [0.5, 0.6) is 0 Å². The second-order valence-corrected chi connectivity index (χ2v) is 5.15. The Morgan fingerprint density at radius 2 is 2.12 bits per heavy atom. The summed E-state index contributed by atoms with van der Waals surface area (Å²) in [7, 11) is 2.14. The van der Waals surface area contributed by atoms with E-state index in [4.69, 9.17) is 10.9 Å². The molecule has 0 bridgehead atoms. The minimum Gasteiger partial charge on any atom is -0.409 e. The van der Waals surface area contributed by atoms with Gasteiger partial charge in [0, 0.05) is 25.2 Å². The summed E-state index contributed by atoms with van der Waals surface area (Å²) in [5.74, 6) is 0.322. The predicted octanol–water partition coefficient (Wildman–Crippen LogP) is 0.537. The molecule has 0 aromatic heterocycles. The van der Waals surface area contributed by atoms with Gasteiger partial charge in [0.1, 0.15) is 0 Å². The molecule has 94 valence electrons. The Morgan fingerprint density at radius 3 is 2.56 bits per heavy atom. The van der Waals surface area contributed by atoms with Crippen molar-refractivity contribution >= 4 is 5.84 Å². The maximum atomic E-state index is 8.77. The van der Waals surface area contributed by atoms with Gasteiger partial charge in [0.05, 0.1) is 6.04 Å². The highest BCUT2D eigenvalue weighted by molar-refractivity contribution is 5.85. The van der Waals surface area contributed by atoms with E-state index in [1.165, 1.54) is 0 Å². The molecule has 1 rings (SSSR count). The van der Waals surface area contributed by atoms with E-state index in [2.05, 4.69) is 42.8 Å². The molecule has 1 fully saturated rings. The standard InChI is InChI=1S/C11H24N4O/c1-5-9(10(12)13-16)15-7-6-14(4)11(2,3)8-15/h9,16H,5-8H2,1-4H3,(H2,12,13). The van der Waals surface area contributed by atoms with Crippen LogP contribution >= 0.6 is 0 Å². The molecule has 0 radical (unpaired) electrons. The first-order chi connectivity index (χ1) is 7.42. The van der Waals surface area contributed by atoms with Gasteiger partial charge in [-0.25, -0.2) is 0 Å². The van der Waals surface area contributed by atoms with Gasteiger partial charge < -0.3 is 10.9 Å². The van der Waals surface area contributed by atoms with Crippen molar-refractivity contribution in [2.75, 3.05) is 26.7 Å².